The van der Waals surface area contributed by atoms with Crippen LogP contribution in [0.15, 0.2) is 46.9 Å². The normalized spacial score (nSPS) is 9.85. The fourth-order valence-corrected chi connectivity index (χ4v) is 2.36. The van der Waals surface area contributed by atoms with Crippen molar-refractivity contribution in [1.29, 1.82) is 5.26 Å². The van der Waals surface area contributed by atoms with Crippen molar-refractivity contribution in [2.45, 2.75) is 6.42 Å². The van der Waals surface area contributed by atoms with Crippen LogP contribution >= 0.6 is 15.9 Å². The maximum atomic E-state index is 9.08. The lowest BCUT2D eigenvalue weighted by molar-refractivity contribution is 0.410. The van der Waals surface area contributed by atoms with Crippen LogP contribution < -0.4 is 10.1 Å². The van der Waals surface area contributed by atoms with Crippen LogP contribution in [0.3, 0.4) is 0 Å². The van der Waals surface area contributed by atoms with Crippen molar-refractivity contribution in [3.63, 3.8) is 0 Å². The predicted molar refractivity (Wildman–Crippen MR) is 84.0 cm³/mol. The van der Waals surface area contributed by atoms with Crippen molar-refractivity contribution >= 4 is 21.6 Å². The minimum Gasteiger partial charge on any atom is -0.496 e. The molecule has 0 aliphatic heterocycles. The third-order valence-electron chi connectivity index (χ3n) is 3.00. The molecule has 0 radical (unpaired) electrons. The second-order valence-corrected chi connectivity index (χ2v) is 5.21. The molecule has 3 nitrogen and oxygen atoms in total. The number of rotatable bonds is 5. The first-order valence-corrected chi connectivity index (χ1v) is 7.09. The van der Waals surface area contributed by atoms with Gasteiger partial charge < -0.3 is 10.1 Å². The van der Waals surface area contributed by atoms with Gasteiger partial charge in [-0.3, -0.25) is 0 Å². The van der Waals surface area contributed by atoms with E-state index in [4.69, 9.17) is 10.00 Å². The number of nitriles is 1. The van der Waals surface area contributed by atoms with Gasteiger partial charge in [-0.2, -0.15) is 5.26 Å². The van der Waals surface area contributed by atoms with Crippen molar-refractivity contribution in [1.82, 2.24) is 0 Å². The van der Waals surface area contributed by atoms with Gasteiger partial charge in [-0.1, -0.05) is 34.1 Å². The van der Waals surface area contributed by atoms with E-state index in [2.05, 4.69) is 27.3 Å². The van der Waals surface area contributed by atoms with Crippen LogP contribution in [0.2, 0.25) is 0 Å². The Bertz CT molecular complexity index is 635. The molecule has 20 heavy (non-hydrogen) atoms. The number of para-hydroxylation sites is 1. The van der Waals surface area contributed by atoms with Crippen LogP contribution in [0.4, 0.5) is 5.69 Å². The van der Waals surface area contributed by atoms with Crippen molar-refractivity contribution < 1.29 is 4.74 Å². The fourth-order valence-electron chi connectivity index (χ4n) is 2.00. The molecule has 2 rings (SSSR count). The van der Waals surface area contributed by atoms with Crippen LogP contribution in [-0.4, -0.2) is 13.7 Å². The smallest absolute Gasteiger partial charge is 0.122 e. The van der Waals surface area contributed by atoms with Crippen LogP contribution in [0.25, 0.3) is 0 Å². The Balaban J connectivity index is 2.03. The molecule has 2 aromatic rings. The topological polar surface area (TPSA) is 45.0 Å². The molecule has 0 amide bonds. The zero-order valence-corrected chi connectivity index (χ0v) is 12.8. The van der Waals surface area contributed by atoms with Gasteiger partial charge in [-0.05, 0) is 36.2 Å². The first-order chi connectivity index (χ1) is 9.74. The van der Waals surface area contributed by atoms with E-state index in [1.54, 1.807) is 13.2 Å². The quantitative estimate of drug-likeness (QED) is 0.901. The lowest BCUT2D eigenvalue weighted by Crippen LogP contribution is -2.07. The number of methoxy groups -OCH3 is 1. The highest BCUT2D eigenvalue weighted by atomic mass is 79.9. The average molecular weight is 331 g/mol. The SMILES string of the molecule is COc1ccccc1CCNc1cc(Br)ccc1C#N. The van der Waals surface area contributed by atoms with Gasteiger partial charge in [0.1, 0.15) is 11.8 Å². The summed E-state index contributed by atoms with van der Waals surface area (Å²) in [5.74, 6) is 0.893. The van der Waals surface area contributed by atoms with Gasteiger partial charge in [0.2, 0.25) is 0 Å². The minimum absolute atomic E-state index is 0.647. The minimum atomic E-state index is 0.647. The Labute approximate surface area is 127 Å². The van der Waals surface area contributed by atoms with Crippen LogP contribution in [0.5, 0.6) is 5.75 Å². The van der Waals surface area contributed by atoms with E-state index in [0.29, 0.717) is 5.56 Å². The van der Waals surface area contributed by atoms with E-state index in [9.17, 15) is 0 Å². The number of halogens is 1. The first-order valence-electron chi connectivity index (χ1n) is 6.30. The molecule has 0 aliphatic carbocycles. The molecule has 102 valence electrons. The Morgan fingerprint density at radius 3 is 2.80 bits per heavy atom. The zero-order chi connectivity index (χ0) is 14.4. The number of nitrogens with one attached hydrogen (secondary N) is 1. The molecular weight excluding hydrogens is 316 g/mol. The number of hydrogen-bond acceptors (Lipinski definition) is 3. The van der Waals surface area contributed by atoms with Crippen molar-refractivity contribution in [2.24, 2.45) is 0 Å². The van der Waals surface area contributed by atoms with Crippen LogP contribution in [0.1, 0.15) is 11.1 Å². The summed E-state index contributed by atoms with van der Waals surface area (Å²) in [5, 5.41) is 12.4. The highest BCUT2D eigenvalue weighted by Crippen LogP contribution is 2.22. The maximum Gasteiger partial charge on any atom is 0.122 e. The number of benzene rings is 2. The molecule has 0 unspecified atom stereocenters. The Hall–Kier alpha value is -1.99. The monoisotopic (exact) mass is 330 g/mol. The van der Waals surface area contributed by atoms with Crippen LogP contribution in [0, 0.1) is 11.3 Å². The van der Waals surface area contributed by atoms with Gasteiger partial charge in [0.05, 0.1) is 18.4 Å². The molecule has 0 bridgehead atoms. The molecule has 0 aliphatic rings. The molecule has 0 atom stereocenters. The molecule has 0 spiro atoms. The van der Waals surface area contributed by atoms with Gasteiger partial charge in [0.15, 0.2) is 0 Å². The molecule has 0 aromatic heterocycles. The lowest BCUT2D eigenvalue weighted by atomic mass is 10.1. The molecule has 0 saturated heterocycles. The molecule has 1 N–H and O–H groups in total. The third kappa shape index (κ3) is 3.52. The second kappa shape index (κ2) is 6.97. The van der Waals surface area contributed by atoms with E-state index in [0.717, 1.165) is 34.4 Å². The molecule has 4 heteroatoms. The molecule has 0 heterocycles. The van der Waals surface area contributed by atoms with Crippen molar-refractivity contribution in [2.75, 3.05) is 19.0 Å². The third-order valence-corrected chi connectivity index (χ3v) is 3.50. The number of hydrogen-bond donors (Lipinski definition) is 1. The number of anilines is 1. The predicted octanol–water partition coefficient (Wildman–Crippen LogP) is 3.98. The van der Waals surface area contributed by atoms with E-state index >= 15 is 0 Å². The number of ether oxygens (including phenoxy) is 1. The fraction of sp³-hybridized carbons (Fsp3) is 0.188. The summed E-state index contributed by atoms with van der Waals surface area (Å²) in [6.07, 6.45) is 0.835. The summed E-state index contributed by atoms with van der Waals surface area (Å²) < 4.78 is 6.28. The largest absolute Gasteiger partial charge is 0.496 e. The highest BCUT2D eigenvalue weighted by molar-refractivity contribution is 9.10. The summed E-state index contributed by atoms with van der Waals surface area (Å²) in [6, 6.07) is 15.7. The molecule has 0 fully saturated rings. The summed E-state index contributed by atoms with van der Waals surface area (Å²) in [5.41, 5.74) is 2.64. The summed E-state index contributed by atoms with van der Waals surface area (Å²) >= 11 is 3.42. The van der Waals surface area contributed by atoms with E-state index in [1.807, 2.05) is 36.4 Å². The average Bonchev–Trinajstić information content (AvgIpc) is 2.48. The van der Waals surface area contributed by atoms with E-state index < -0.39 is 0 Å². The van der Waals surface area contributed by atoms with Gasteiger partial charge in [-0.15, -0.1) is 0 Å². The summed E-state index contributed by atoms with van der Waals surface area (Å²) in [7, 11) is 1.67. The Kier molecular flexibility index (Phi) is 5.03. The van der Waals surface area contributed by atoms with Gasteiger partial charge >= 0.3 is 0 Å². The molecular formula is C16H15BrN2O. The molecule has 2 aromatic carbocycles. The standard InChI is InChI=1S/C16H15BrN2O/c1-20-16-5-3-2-4-12(16)8-9-19-15-10-14(17)7-6-13(15)11-18/h2-7,10,19H,8-9H2,1H3. The highest BCUT2D eigenvalue weighted by Gasteiger charge is 2.04. The Morgan fingerprint density at radius 2 is 2.05 bits per heavy atom. The van der Waals surface area contributed by atoms with Crippen molar-refractivity contribution in [3.05, 3.63) is 58.1 Å². The van der Waals surface area contributed by atoms with E-state index in [-0.39, 0.29) is 0 Å². The Morgan fingerprint density at radius 1 is 1.25 bits per heavy atom. The zero-order valence-electron chi connectivity index (χ0n) is 11.2. The first kappa shape index (κ1) is 14.4. The second-order valence-electron chi connectivity index (χ2n) is 4.29. The molecule has 0 saturated carbocycles. The summed E-state index contributed by atoms with van der Waals surface area (Å²) in [4.78, 5) is 0. The van der Waals surface area contributed by atoms with Gasteiger partial charge in [0.25, 0.3) is 0 Å². The van der Waals surface area contributed by atoms with Crippen molar-refractivity contribution in [3.8, 4) is 11.8 Å². The number of nitrogens with zero attached hydrogens (tertiary/aromatic N) is 1. The summed E-state index contributed by atoms with van der Waals surface area (Å²) in [6.45, 7) is 0.742. The van der Waals surface area contributed by atoms with Gasteiger partial charge in [-0.25, -0.2) is 0 Å². The maximum absolute atomic E-state index is 9.08. The van der Waals surface area contributed by atoms with E-state index in [1.165, 1.54) is 0 Å². The lowest BCUT2D eigenvalue weighted by Gasteiger charge is -2.11. The van der Waals surface area contributed by atoms with Gasteiger partial charge in [0, 0.05) is 11.0 Å². The van der Waals surface area contributed by atoms with Crippen LogP contribution in [-0.2, 0) is 6.42 Å².